The van der Waals surface area contributed by atoms with Crippen LogP contribution in [0.25, 0.3) is 0 Å². The fraction of sp³-hybridized carbons (Fsp3) is 1.00. The third kappa shape index (κ3) is 1.41. The molecule has 1 heterocycles. The van der Waals surface area contributed by atoms with Gasteiger partial charge in [-0.1, -0.05) is 0 Å². The molecule has 3 atom stereocenters. The second-order valence-corrected chi connectivity index (χ2v) is 2.42. The van der Waals surface area contributed by atoms with Crippen LogP contribution in [0.5, 0.6) is 0 Å². The largest absolute Gasteiger partial charge is 0.390 e. The summed E-state index contributed by atoms with van der Waals surface area (Å²) in [6.45, 7) is 2.31. The Balaban J connectivity index is 2.41. The lowest BCUT2D eigenvalue weighted by Gasteiger charge is -2.29. The molecule has 0 aromatic heterocycles. The number of rotatable bonds is 0. The quantitative estimate of drug-likeness (QED) is 0.468. The summed E-state index contributed by atoms with van der Waals surface area (Å²) in [5, 5.41) is 18.1. The molecule has 0 spiro atoms. The molecule has 9 heavy (non-hydrogen) atoms. The van der Waals surface area contributed by atoms with E-state index in [4.69, 9.17) is 14.9 Å². The van der Waals surface area contributed by atoms with Crippen LogP contribution >= 0.6 is 0 Å². The van der Waals surface area contributed by atoms with Crippen LogP contribution in [0.15, 0.2) is 0 Å². The van der Waals surface area contributed by atoms with Gasteiger partial charge in [0.05, 0.1) is 12.2 Å². The van der Waals surface area contributed by atoms with Crippen molar-refractivity contribution in [3.63, 3.8) is 0 Å². The van der Waals surface area contributed by atoms with Crippen molar-refractivity contribution in [3.8, 4) is 0 Å². The van der Waals surface area contributed by atoms with E-state index in [0.717, 1.165) is 0 Å². The van der Waals surface area contributed by atoms with Crippen molar-refractivity contribution in [2.75, 3.05) is 6.61 Å². The van der Waals surface area contributed by atoms with E-state index in [9.17, 15) is 0 Å². The summed E-state index contributed by atoms with van der Waals surface area (Å²) in [5.74, 6) is 0. The van der Waals surface area contributed by atoms with Crippen LogP contribution in [0.2, 0.25) is 0 Å². The van der Waals surface area contributed by atoms with E-state index in [0.29, 0.717) is 13.0 Å². The van der Waals surface area contributed by atoms with Crippen LogP contribution < -0.4 is 0 Å². The molecule has 0 radical (unpaired) electrons. The van der Waals surface area contributed by atoms with E-state index in [1.807, 2.05) is 0 Å². The van der Waals surface area contributed by atoms with Crippen molar-refractivity contribution in [1.29, 1.82) is 0 Å². The van der Waals surface area contributed by atoms with Gasteiger partial charge in [0.25, 0.3) is 0 Å². The molecule has 1 rings (SSSR count). The molecule has 0 aromatic rings. The summed E-state index contributed by atoms with van der Waals surface area (Å²) in [5.41, 5.74) is 0. The zero-order valence-corrected chi connectivity index (χ0v) is 5.45. The van der Waals surface area contributed by atoms with E-state index in [-0.39, 0.29) is 6.10 Å². The fourth-order valence-electron chi connectivity index (χ4n) is 0.957. The minimum atomic E-state index is -0.696. The predicted octanol–water partition coefficient (Wildman–Crippen LogP) is -0.483. The van der Waals surface area contributed by atoms with Crippen molar-refractivity contribution >= 4 is 0 Å². The van der Waals surface area contributed by atoms with Gasteiger partial charge in [0.2, 0.25) is 0 Å². The Morgan fingerprint density at radius 3 is 2.56 bits per heavy atom. The van der Waals surface area contributed by atoms with E-state index < -0.39 is 12.2 Å². The summed E-state index contributed by atoms with van der Waals surface area (Å²) in [6, 6.07) is 0. The summed E-state index contributed by atoms with van der Waals surface area (Å²) < 4.78 is 5.05. The van der Waals surface area contributed by atoms with Crippen molar-refractivity contribution in [1.82, 2.24) is 0 Å². The minimum absolute atomic E-state index is 0.214. The van der Waals surface area contributed by atoms with Crippen molar-refractivity contribution in [2.45, 2.75) is 31.7 Å². The Labute approximate surface area is 54.3 Å². The van der Waals surface area contributed by atoms with Gasteiger partial charge in [0.15, 0.2) is 0 Å². The first-order chi connectivity index (χ1) is 4.22. The lowest BCUT2D eigenvalue weighted by Crippen LogP contribution is -2.42. The molecule has 0 unspecified atom stereocenters. The first-order valence-electron chi connectivity index (χ1n) is 3.19. The Hall–Kier alpha value is -0.120. The standard InChI is InChI=1S/C6H12O3/c1-4-6(8)5(7)2-3-9-4/h4-8H,2-3H2,1H3/t4-,5-,6+/m1/s1. The molecule has 1 aliphatic rings. The fourth-order valence-corrected chi connectivity index (χ4v) is 0.957. The second-order valence-electron chi connectivity index (χ2n) is 2.42. The monoisotopic (exact) mass is 132 g/mol. The first kappa shape index (κ1) is 6.99. The molecule has 1 fully saturated rings. The normalized spacial score (nSPS) is 45.0. The van der Waals surface area contributed by atoms with Crippen molar-refractivity contribution in [2.24, 2.45) is 0 Å². The number of ether oxygens (including phenoxy) is 1. The van der Waals surface area contributed by atoms with Crippen LogP contribution in [0, 0.1) is 0 Å². The Bertz CT molecular complexity index is 84.3. The lowest BCUT2D eigenvalue weighted by atomic mass is 10.0. The van der Waals surface area contributed by atoms with Crippen LogP contribution in [0.1, 0.15) is 13.3 Å². The van der Waals surface area contributed by atoms with Gasteiger partial charge in [0, 0.05) is 6.61 Å². The molecule has 3 heteroatoms. The molecule has 1 aliphatic heterocycles. The van der Waals surface area contributed by atoms with Gasteiger partial charge in [-0.05, 0) is 13.3 Å². The highest BCUT2D eigenvalue weighted by atomic mass is 16.5. The minimum Gasteiger partial charge on any atom is -0.390 e. The molecular formula is C6H12O3. The second kappa shape index (κ2) is 2.64. The Morgan fingerprint density at radius 2 is 2.11 bits per heavy atom. The molecule has 0 aliphatic carbocycles. The third-order valence-electron chi connectivity index (χ3n) is 1.67. The molecule has 1 saturated heterocycles. The highest BCUT2D eigenvalue weighted by Crippen LogP contribution is 2.13. The SMILES string of the molecule is C[C@H]1OCC[C@@H](O)[C@H]1O. The number of hydrogen-bond donors (Lipinski definition) is 2. The Morgan fingerprint density at radius 1 is 1.44 bits per heavy atom. The van der Waals surface area contributed by atoms with E-state index in [1.54, 1.807) is 6.92 Å². The maximum Gasteiger partial charge on any atom is 0.106 e. The lowest BCUT2D eigenvalue weighted by molar-refractivity contribution is -0.127. The van der Waals surface area contributed by atoms with Crippen LogP contribution in [0.3, 0.4) is 0 Å². The van der Waals surface area contributed by atoms with E-state index >= 15 is 0 Å². The average molecular weight is 132 g/mol. The maximum atomic E-state index is 9.07. The van der Waals surface area contributed by atoms with Gasteiger partial charge < -0.3 is 14.9 Å². The van der Waals surface area contributed by atoms with E-state index in [2.05, 4.69) is 0 Å². The predicted molar refractivity (Wildman–Crippen MR) is 32.0 cm³/mol. The maximum absolute atomic E-state index is 9.07. The summed E-state index contributed by atoms with van der Waals surface area (Å²) in [4.78, 5) is 0. The molecule has 54 valence electrons. The summed E-state index contributed by atoms with van der Waals surface area (Å²) >= 11 is 0. The zero-order valence-electron chi connectivity index (χ0n) is 5.45. The van der Waals surface area contributed by atoms with Gasteiger partial charge in [0.1, 0.15) is 6.10 Å². The number of aliphatic hydroxyl groups is 2. The van der Waals surface area contributed by atoms with E-state index in [1.165, 1.54) is 0 Å². The van der Waals surface area contributed by atoms with Gasteiger partial charge in [-0.15, -0.1) is 0 Å². The third-order valence-corrected chi connectivity index (χ3v) is 1.67. The van der Waals surface area contributed by atoms with Crippen LogP contribution in [0.4, 0.5) is 0 Å². The van der Waals surface area contributed by atoms with Gasteiger partial charge in [-0.3, -0.25) is 0 Å². The van der Waals surface area contributed by atoms with Crippen molar-refractivity contribution in [3.05, 3.63) is 0 Å². The van der Waals surface area contributed by atoms with Crippen LogP contribution in [-0.4, -0.2) is 35.1 Å². The average Bonchev–Trinajstić information content (AvgIpc) is 1.83. The van der Waals surface area contributed by atoms with Crippen molar-refractivity contribution < 1.29 is 14.9 Å². The summed E-state index contributed by atoms with van der Waals surface area (Å²) in [7, 11) is 0. The first-order valence-corrected chi connectivity index (χ1v) is 3.19. The highest BCUT2D eigenvalue weighted by Gasteiger charge is 2.27. The molecule has 0 bridgehead atoms. The molecule has 2 N–H and O–H groups in total. The molecule has 0 aromatic carbocycles. The molecular weight excluding hydrogens is 120 g/mol. The zero-order chi connectivity index (χ0) is 6.85. The van der Waals surface area contributed by atoms with Crippen LogP contribution in [-0.2, 0) is 4.74 Å². The van der Waals surface area contributed by atoms with Gasteiger partial charge in [-0.2, -0.15) is 0 Å². The smallest absolute Gasteiger partial charge is 0.106 e. The molecule has 3 nitrogen and oxygen atoms in total. The number of hydrogen-bond acceptors (Lipinski definition) is 3. The van der Waals surface area contributed by atoms with Gasteiger partial charge in [-0.25, -0.2) is 0 Å². The molecule has 0 saturated carbocycles. The number of aliphatic hydroxyl groups excluding tert-OH is 2. The van der Waals surface area contributed by atoms with Gasteiger partial charge >= 0.3 is 0 Å². The molecule has 0 amide bonds. The Kier molecular flexibility index (Phi) is 2.05. The topological polar surface area (TPSA) is 49.7 Å². The summed E-state index contributed by atoms with van der Waals surface area (Å²) in [6.07, 6.45) is -0.952. The highest BCUT2D eigenvalue weighted by molar-refractivity contribution is 4.77.